The molecule has 0 spiro atoms. The number of aromatic nitrogens is 3. The molecule has 3 rings (SSSR count). The van der Waals surface area contributed by atoms with Gasteiger partial charge in [-0.1, -0.05) is 30.9 Å². The number of rotatable bonds is 3. The SMILES string of the molecule is Nc1nc2cc(Cl)cnc2n1CCC1CCC1. The van der Waals surface area contributed by atoms with Crippen molar-refractivity contribution in [1.82, 2.24) is 14.5 Å². The molecule has 1 fully saturated rings. The molecular weight excluding hydrogens is 236 g/mol. The molecule has 4 nitrogen and oxygen atoms in total. The predicted molar refractivity (Wildman–Crippen MR) is 68.9 cm³/mol. The molecule has 2 heterocycles. The van der Waals surface area contributed by atoms with Crippen LogP contribution in [-0.2, 0) is 6.54 Å². The topological polar surface area (TPSA) is 56.7 Å². The molecule has 17 heavy (non-hydrogen) atoms. The second-order valence-electron chi connectivity index (χ2n) is 4.70. The van der Waals surface area contributed by atoms with Crippen LogP contribution in [0.25, 0.3) is 11.2 Å². The van der Waals surface area contributed by atoms with E-state index in [2.05, 4.69) is 9.97 Å². The highest BCUT2D eigenvalue weighted by Crippen LogP contribution is 2.30. The number of anilines is 1. The Labute approximate surface area is 105 Å². The predicted octanol–water partition coefficient (Wildman–Crippen LogP) is 2.86. The van der Waals surface area contributed by atoms with Crippen molar-refractivity contribution < 1.29 is 0 Å². The highest BCUT2D eigenvalue weighted by Gasteiger charge is 2.18. The van der Waals surface area contributed by atoms with Gasteiger partial charge in [0.05, 0.1) is 5.02 Å². The van der Waals surface area contributed by atoms with Gasteiger partial charge in [-0.3, -0.25) is 4.57 Å². The van der Waals surface area contributed by atoms with Crippen LogP contribution in [0.5, 0.6) is 0 Å². The Kier molecular flexibility index (Phi) is 2.67. The van der Waals surface area contributed by atoms with Gasteiger partial charge in [0.2, 0.25) is 5.95 Å². The Balaban J connectivity index is 1.88. The minimum absolute atomic E-state index is 0.536. The number of nitrogens with two attached hydrogens (primary N) is 1. The molecular formula is C12H15ClN4. The second-order valence-corrected chi connectivity index (χ2v) is 5.14. The van der Waals surface area contributed by atoms with E-state index in [-0.39, 0.29) is 0 Å². The van der Waals surface area contributed by atoms with Crippen molar-refractivity contribution in [3.8, 4) is 0 Å². The fourth-order valence-corrected chi connectivity index (χ4v) is 2.47. The second kappa shape index (κ2) is 4.18. The molecule has 0 amide bonds. The fraction of sp³-hybridized carbons (Fsp3) is 0.500. The van der Waals surface area contributed by atoms with Gasteiger partial charge in [0, 0.05) is 12.7 Å². The maximum absolute atomic E-state index is 5.92. The molecule has 0 aliphatic heterocycles. The largest absolute Gasteiger partial charge is 0.369 e. The summed E-state index contributed by atoms with van der Waals surface area (Å²) in [6.07, 6.45) is 6.89. The van der Waals surface area contributed by atoms with E-state index in [0.717, 1.165) is 23.6 Å². The van der Waals surface area contributed by atoms with Crippen LogP contribution in [0.1, 0.15) is 25.7 Å². The summed E-state index contributed by atoms with van der Waals surface area (Å²) in [4.78, 5) is 8.60. The average Bonchev–Trinajstić information content (AvgIpc) is 2.52. The van der Waals surface area contributed by atoms with Gasteiger partial charge in [-0.2, -0.15) is 0 Å². The number of imidazole rings is 1. The zero-order chi connectivity index (χ0) is 11.8. The summed E-state index contributed by atoms with van der Waals surface area (Å²) >= 11 is 5.89. The Morgan fingerprint density at radius 3 is 3.00 bits per heavy atom. The van der Waals surface area contributed by atoms with Gasteiger partial charge in [-0.15, -0.1) is 0 Å². The number of hydrogen-bond acceptors (Lipinski definition) is 3. The number of halogens is 1. The minimum atomic E-state index is 0.536. The molecule has 90 valence electrons. The Morgan fingerprint density at radius 1 is 1.47 bits per heavy atom. The van der Waals surface area contributed by atoms with Crippen LogP contribution in [0.15, 0.2) is 12.3 Å². The van der Waals surface area contributed by atoms with Crippen molar-refractivity contribution in [2.24, 2.45) is 5.92 Å². The minimum Gasteiger partial charge on any atom is -0.369 e. The maximum Gasteiger partial charge on any atom is 0.202 e. The van der Waals surface area contributed by atoms with Crippen LogP contribution in [0.4, 0.5) is 5.95 Å². The third-order valence-electron chi connectivity index (χ3n) is 3.57. The summed E-state index contributed by atoms with van der Waals surface area (Å²) < 4.78 is 1.99. The first-order valence-corrected chi connectivity index (χ1v) is 6.39. The van der Waals surface area contributed by atoms with Gasteiger partial charge in [-0.25, -0.2) is 9.97 Å². The first kappa shape index (κ1) is 10.8. The number of nitrogens with zero attached hydrogens (tertiary/aromatic N) is 3. The van der Waals surface area contributed by atoms with E-state index in [1.165, 1.54) is 25.7 Å². The molecule has 0 radical (unpaired) electrons. The van der Waals surface area contributed by atoms with E-state index in [0.29, 0.717) is 11.0 Å². The molecule has 0 atom stereocenters. The van der Waals surface area contributed by atoms with Crippen molar-refractivity contribution in [2.45, 2.75) is 32.2 Å². The van der Waals surface area contributed by atoms with E-state index in [1.807, 2.05) is 4.57 Å². The lowest BCUT2D eigenvalue weighted by molar-refractivity contribution is 0.284. The van der Waals surface area contributed by atoms with E-state index < -0.39 is 0 Å². The van der Waals surface area contributed by atoms with Crippen LogP contribution in [0.3, 0.4) is 0 Å². The van der Waals surface area contributed by atoms with Crippen molar-refractivity contribution >= 4 is 28.7 Å². The number of pyridine rings is 1. The Hall–Kier alpha value is -1.29. The van der Waals surface area contributed by atoms with E-state index >= 15 is 0 Å². The lowest BCUT2D eigenvalue weighted by Gasteiger charge is -2.25. The van der Waals surface area contributed by atoms with Crippen molar-refractivity contribution in [1.29, 1.82) is 0 Å². The number of fused-ring (bicyclic) bond motifs is 1. The fourth-order valence-electron chi connectivity index (χ4n) is 2.32. The molecule has 2 aromatic heterocycles. The Morgan fingerprint density at radius 2 is 2.29 bits per heavy atom. The summed E-state index contributed by atoms with van der Waals surface area (Å²) in [5, 5.41) is 0.598. The van der Waals surface area contributed by atoms with Gasteiger partial charge in [-0.05, 0) is 18.4 Å². The molecule has 2 N–H and O–H groups in total. The van der Waals surface area contributed by atoms with E-state index in [9.17, 15) is 0 Å². The highest BCUT2D eigenvalue weighted by atomic mass is 35.5. The molecule has 0 bridgehead atoms. The molecule has 0 saturated heterocycles. The quantitative estimate of drug-likeness (QED) is 0.911. The summed E-state index contributed by atoms with van der Waals surface area (Å²) in [6.45, 7) is 0.904. The molecule has 2 aromatic rings. The van der Waals surface area contributed by atoms with Gasteiger partial charge in [0.15, 0.2) is 5.65 Å². The lowest BCUT2D eigenvalue weighted by Crippen LogP contribution is -2.15. The summed E-state index contributed by atoms with van der Waals surface area (Å²) in [7, 11) is 0. The van der Waals surface area contributed by atoms with Crippen LogP contribution in [-0.4, -0.2) is 14.5 Å². The van der Waals surface area contributed by atoms with Gasteiger partial charge < -0.3 is 5.73 Å². The molecule has 1 saturated carbocycles. The van der Waals surface area contributed by atoms with E-state index in [4.69, 9.17) is 17.3 Å². The first-order chi connectivity index (χ1) is 8.24. The monoisotopic (exact) mass is 250 g/mol. The van der Waals surface area contributed by atoms with Gasteiger partial charge in [0.25, 0.3) is 0 Å². The summed E-state index contributed by atoms with van der Waals surface area (Å²) in [5.74, 6) is 1.40. The molecule has 0 unspecified atom stereocenters. The standard InChI is InChI=1S/C12H15ClN4/c13-9-6-10-11(15-7-9)17(12(14)16-10)5-4-8-2-1-3-8/h6-8H,1-5H2,(H2,14,16). The zero-order valence-electron chi connectivity index (χ0n) is 9.56. The summed E-state index contributed by atoms with van der Waals surface area (Å²) in [6, 6.07) is 1.81. The van der Waals surface area contributed by atoms with Crippen LogP contribution < -0.4 is 5.73 Å². The van der Waals surface area contributed by atoms with Crippen LogP contribution in [0.2, 0.25) is 5.02 Å². The lowest BCUT2D eigenvalue weighted by atomic mass is 9.83. The maximum atomic E-state index is 5.92. The normalized spacial score (nSPS) is 16.3. The molecule has 1 aliphatic carbocycles. The van der Waals surface area contributed by atoms with Crippen molar-refractivity contribution in [2.75, 3.05) is 5.73 Å². The first-order valence-electron chi connectivity index (χ1n) is 6.01. The number of nitrogen functional groups attached to an aromatic ring is 1. The molecule has 0 aromatic carbocycles. The van der Waals surface area contributed by atoms with Gasteiger partial charge in [0.1, 0.15) is 5.52 Å². The van der Waals surface area contributed by atoms with E-state index in [1.54, 1.807) is 12.3 Å². The molecule has 1 aliphatic rings. The Bertz CT molecular complexity index is 545. The van der Waals surface area contributed by atoms with Crippen molar-refractivity contribution in [3.05, 3.63) is 17.3 Å². The highest BCUT2D eigenvalue weighted by molar-refractivity contribution is 6.31. The third kappa shape index (κ3) is 1.97. The zero-order valence-corrected chi connectivity index (χ0v) is 10.3. The van der Waals surface area contributed by atoms with Gasteiger partial charge >= 0.3 is 0 Å². The average molecular weight is 251 g/mol. The molecule has 5 heteroatoms. The third-order valence-corrected chi connectivity index (χ3v) is 3.77. The van der Waals surface area contributed by atoms with Crippen LogP contribution >= 0.6 is 11.6 Å². The number of hydrogen-bond donors (Lipinski definition) is 1. The number of aryl methyl sites for hydroxylation is 1. The van der Waals surface area contributed by atoms with Crippen LogP contribution in [0, 0.1) is 5.92 Å². The summed E-state index contributed by atoms with van der Waals surface area (Å²) in [5.41, 5.74) is 7.54. The smallest absolute Gasteiger partial charge is 0.202 e. The van der Waals surface area contributed by atoms with Crippen molar-refractivity contribution in [3.63, 3.8) is 0 Å².